The molecule has 1 atom stereocenters. The van der Waals surface area contributed by atoms with E-state index in [2.05, 4.69) is 25.8 Å². The Bertz CT molecular complexity index is 634. The molecule has 2 heterocycles. The number of carbonyl (C=O) groups is 1. The summed E-state index contributed by atoms with van der Waals surface area (Å²) in [5, 5.41) is 14.4. The van der Waals surface area contributed by atoms with E-state index in [1.54, 1.807) is 14.0 Å². The van der Waals surface area contributed by atoms with Gasteiger partial charge in [0.2, 0.25) is 11.1 Å². The number of anilines is 1. The average Bonchev–Trinajstić information content (AvgIpc) is 2.78. The van der Waals surface area contributed by atoms with Crippen LogP contribution in [-0.4, -0.2) is 36.3 Å². The number of nitrogens with zero attached hydrogens (tertiary/aromatic N) is 5. The highest BCUT2D eigenvalue weighted by Crippen LogP contribution is 2.25. The summed E-state index contributed by atoms with van der Waals surface area (Å²) >= 11 is 12.9. The molecule has 0 aliphatic heterocycles. The fraction of sp³-hybridized carbons (Fsp3) is 0.300. The van der Waals surface area contributed by atoms with Crippen LogP contribution in [0.4, 0.5) is 5.82 Å². The number of halogens is 2. The molecule has 0 aliphatic carbocycles. The zero-order valence-electron chi connectivity index (χ0n) is 10.5. The Kier molecular flexibility index (Phi) is 4.79. The minimum Gasteiger partial charge on any atom is -0.308 e. The lowest BCUT2D eigenvalue weighted by molar-refractivity contribution is -0.115. The molecule has 1 amide bonds. The minimum absolute atomic E-state index is 0.255. The van der Waals surface area contributed by atoms with Crippen molar-refractivity contribution in [3.8, 4) is 0 Å². The van der Waals surface area contributed by atoms with Crippen molar-refractivity contribution in [2.75, 3.05) is 5.32 Å². The average molecular weight is 333 g/mol. The van der Waals surface area contributed by atoms with Crippen LogP contribution in [0.3, 0.4) is 0 Å². The van der Waals surface area contributed by atoms with E-state index in [-0.39, 0.29) is 16.7 Å². The molecule has 0 aliphatic rings. The summed E-state index contributed by atoms with van der Waals surface area (Å²) in [6.45, 7) is 1.73. The van der Waals surface area contributed by atoms with E-state index >= 15 is 0 Å². The molecule has 0 aromatic carbocycles. The number of pyridine rings is 1. The van der Waals surface area contributed by atoms with Gasteiger partial charge in [-0.2, -0.15) is 0 Å². The first-order chi connectivity index (χ1) is 9.47. The quantitative estimate of drug-likeness (QED) is 0.862. The molecule has 0 saturated heterocycles. The van der Waals surface area contributed by atoms with Crippen molar-refractivity contribution in [1.29, 1.82) is 0 Å². The summed E-state index contributed by atoms with van der Waals surface area (Å²) in [7, 11) is 1.70. The molecule has 1 unspecified atom stereocenters. The topological polar surface area (TPSA) is 85.6 Å². The maximum atomic E-state index is 12.0. The van der Waals surface area contributed by atoms with Gasteiger partial charge in [-0.3, -0.25) is 4.79 Å². The predicted octanol–water partition coefficient (Wildman–Crippen LogP) is 2.03. The lowest BCUT2D eigenvalue weighted by Gasteiger charge is -2.11. The van der Waals surface area contributed by atoms with Crippen LogP contribution in [0.25, 0.3) is 0 Å². The second kappa shape index (κ2) is 6.38. The number of amides is 1. The third-order valence-corrected chi connectivity index (χ3v) is 3.90. The summed E-state index contributed by atoms with van der Waals surface area (Å²) in [4.78, 5) is 16.0. The van der Waals surface area contributed by atoms with Crippen molar-refractivity contribution in [1.82, 2.24) is 25.2 Å². The molecule has 2 aromatic rings. The first-order valence-corrected chi connectivity index (χ1v) is 7.12. The van der Waals surface area contributed by atoms with E-state index in [1.807, 2.05) is 0 Å². The van der Waals surface area contributed by atoms with Crippen LogP contribution in [0.5, 0.6) is 0 Å². The number of rotatable bonds is 4. The van der Waals surface area contributed by atoms with E-state index in [0.29, 0.717) is 10.2 Å². The molecular formula is C10H10Cl2N6OS. The van der Waals surface area contributed by atoms with Crippen LogP contribution in [0, 0.1) is 0 Å². The van der Waals surface area contributed by atoms with E-state index in [0.717, 1.165) is 0 Å². The van der Waals surface area contributed by atoms with Gasteiger partial charge in [0.1, 0.15) is 0 Å². The van der Waals surface area contributed by atoms with Crippen LogP contribution in [-0.2, 0) is 11.8 Å². The first kappa shape index (κ1) is 15.0. The third-order valence-electron chi connectivity index (χ3n) is 2.28. The molecule has 0 saturated carbocycles. The highest BCUT2D eigenvalue weighted by molar-refractivity contribution is 8.00. The lowest BCUT2D eigenvalue weighted by atomic mass is 10.4. The Hall–Kier alpha value is -1.38. The van der Waals surface area contributed by atoms with Crippen molar-refractivity contribution in [2.24, 2.45) is 7.05 Å². The number of carbonyl (C=O) groups excluding carboxylic acids is 1. The fourth-order valence-electron chi connectivity index (χ4n) is 1.26. The second-order valence-corrected chi connectivity index (χ2v) is 5.97. The minimum atomic E-state index is -0.409. The Balaban J connectivity index is 2.02. The Labute approximate surface area is 129 Å². The number of hydrogen-bond donors (Lipinski definition) is 1. The maximum Gasteiger partial charge on any atom is 0.238 e. The Morgan fingerprint density at radius 2 is 2.25 bits per heavy atom. The van der Waals surface area contributed by atoms with Gasteiger partial charge < -0.3 is 5.32 Å². The van der Waals surface area contributed by atoms with E-state index in [1.165, 1.54) is 28.7 Å². The number of hydrogen-bond acceptors (Lipinski definition) is 6. The normalized spacial score (nSPS) is 12.2. The first-order valence-electron chi connectivity index (χ1n) is 5.48. The van der Waals surface area contributed by atoms with E-state index in [4.69, 9.17) is 23.2 Å². The SMILES string of the molecule is CC(Sc1nnnn1C)C(=O)Nc1ncc(Cl)cc1Cl. The molecule has 20 heavy (non-hydrogen) atoms. The lowest BCUT2D eigenvalue weighted by Crippen LogP contribution is -2.23. The van der Waals surface area contributed by atoms with Crippen LogP contribution in [0.15, 0.2) is 17.4 Å². The van der Waals surface area contributed by atoms with Gasteiger partial charge in [-0.25, -0.2) is 9.67 Å². The molecule has 106 valence electrons. The molecule has 0 fully saturated rings. The smallest absolute Gasteiger partial charge is 0.238 e. The molecule has 2 rings (SSSR count). The molecule has 1 N–H and O–H groups in total. The summed E-state index contributed by atoms with van der Waals surface area (Å²) in [6.07, 6.45) is 1.41. The maximum absolute atomic E-state index is 12.0. The van der Waals surface area contributed by atoms with Gasteiger partial charge in [0, 0.05) is 13.2 Å². The Morgan fingerprint density at radius 1 is 1.50 bits per heavy atom. The molecule has 2 aromatic heterocycles. The van der Waals surface area contributed by atoms with E-state index in [9.17, 15) is 4.79 Å². The molecule has 0 radical (unpaired) electrons. The van der Waals surface area contributed by atoms with Crippen molar-refractivity contribution in [3.63, 3.8) is 0 Å². The van der Waals surface area contributed by atoms with Gasteiger partial charge in [0.05, 0.1) is 15.3 Å². The number of thioether (sulfide) groups is 1. The summed E-state index contributed by atoms with van der Waals surface area (Å²) in [5.41, 5.74) is 0. The van der Waals surface area contributed by atoms with Crippen LogP contribution >= 0.6 is 35.0 Å². The largest absolute Gasteiger partial charge is 0.308 e. The highest BCUT2D eigenvalue weighted by Gasteiger charge is 2.19. The zero-order valence-corrected chi connectivity index (χ0v) is 12.9. The zero-order chi connectivity index (χ0) is 14.7. The molecule has 0 spiro atoms. The predicted molar refractivity (Wildman–Crippen MR) is 77.0 cm³/mol. The molecule has 0 bridgehead atoms. The van der Waals surface area contributed by atoms with Gasteiger partial charge in [0.15, 0.2) is 5.82 Å². The summed E-state index contributed by atoms with van der Waals surface area (Å²) < 4.78 is 1.49. The molecule has 7 nitrogen and oxygen atoms in total. The van der Waals surface area contributed by atoms with Gasteiger partial charge in [0.25, 0.3) is 0 Å². The van der Waals surface area contributed by atoms with Crippen molar-refractivity contribution < 1.29 is 4.79 Å². The van der Waals surface area contributed by atoms with Crippen LogP contribution in [0.1, 0.15) is 6.92 Å². The van der Waals surface area contributed by atoms with Gasteiger partial charge in [-0.15, -0.1) is 5.10 Å². The summed E-state index contributed by atoms with van der Waals surface area (Å²) in [6, 6.07) is 1.51. The van der Waals surface area contributed by atoms with Crippen molar-refractivity contribution in [2.45, 2.75) is 17.3 Å². The molecular weight excluding hydrogens is 323 g/mol. The number of nitrogens with one attached hydrogen (secondary N) is 1. The standard InChI is InChI=1S/C10H10Cl2N6OS/c1-5(20-10-15-16-17-18(10)2)9(19)14-8-7(12)3-6(11)4-13-8/h3-5H,1-2H3,(H,13,14,19). The third kappa shape index (κ3) is 3.59. The van der Waals surface area contributed by atoms with Crippen molar-refractivity contribution >= 4 is 46.7 Å². The summed E-state index contributed by atoms with van der Waals surface area (Å²) in [5.74, 6) is 0.0133. The number of aryl methyl sites for hydroxylation is 1. The second-order valence-electron chi connectivity index (χ2n) is 3.82. The van der Waals surface area contributed by atoms with Gasteiger partial charge in [-0.1, -0.05) is 35.0 Å². The van der Waals surface area contributed by atoms with Gasteiger partial charge >= 0.3 is 0 Å². The van der Waals surface area contributed by atoms with Crippen LogP contribution in [0.2, 0.25) is 10.0 Å². The van der Waals surface area contributed by atoms with Crippen molar-refractivity contribution in [3.05, 3.63) is 22.3 Å². The van der Waals surface area contributed by atoms with E-state index < -0.39 is 5.25 Å². The molecule has 10 heteroatoms. The Morgan fingerprint density at radius 3 is 2.85 bits per heavy atom. The monoisotopic (exact) mass is 332 g/mol. The van der Waals surface area contributed by atoms with Gasteiger partial charge in [-0.05, 0) is 23.4 Å². The highest BCUT2D eigenvalue weighted by atomic mass is 35.5. The van der Waals surface area contributed by atoms with Crippen LogP contribution < -0.4 is 5.32 Å². The number of tetrazole rings is 1. The number of aromatic nitrogens is 5. The fourth-order valence-corrected chi connectivity index (χ4v) is 2.44.